The molecule has 2 rings (SSSR count). The average molecular weight is 251 g/mol. The van der Waals surface area contributed by atoms with E-state index in [0.29, 0.717) is 22.4 Å². The minimum absolute atomic E-state index is 0.430. The fraction of sp³-hybridized carbons (Fsp3) is 0.182. The van der Waals surface area contributed by atoms with Crippen LogP contribution in [-0.2, 0) is 0 Å². The molecule has 1 heterocycles. The van der Waals surface area contributed by atoms with Crippen LogP contribution in [0, 0.1) is 0 Å². The summed E-state index contributed by atoms with van der Waals surface area (Å²) in [6.07, 6.45) is 0. The van der Waals surface area contributed by atoms with Gasteiger partial charge in [0.15, 0.2) is 16.6 Å². The number of nitrogens with zero attached hydrogens (tertiary/aromatic N) is 1. The molecule has 0 fully saturated rings. The Balaban J connectivity index is 2.50. The topological polar surface area (TPSA) is 83.4 Å². The summed E-state index contributed by atoms with van der Waals surface area (Å²) >= 11 is 1.35. The molecular weight excluding hydrogens is 238 g/mol. The molecule has 1 aromatic heterocycles. The van der Waals surface area contributed by atoms with Gasteiger partial charge in [-0.3, -0.25) is 0 Å². The van der Waals surface area contributed by atoms with Crippen molar-refractivity contribution in [3.8, 4) is 21.9 Å². The number of hydrogen-bond acceptors (Lipinski definition) is 6. The normalized spacial score (nSPS) is 10.2. The van der Waals surface area contributed by atoms with Crippen LogP contribution in [0.5, 0.6) is 11.5 Å². The van der Waals surface area contributed by atoms with Gasteiger partial charge in [0.25, 0.3) is 0 Å². The highest BCUT2D eigenvalue weighted by atomic mass is 32.1. The summed E-state index contributed by atoms with van der Waals surface area (Å²) in [4.78, 5) is 4.82. The van der Waals surface area contributed by atoms with Crippen LogP contribution in [0.25, 0.3) is 10.4 Å². The van der Waals surface area contributed by atoms with Crippen LogP contribution in [0.15, 0.2) is 18.2 Å². The first kappa shape index (κ1) is 11.5. The molecule has 0 aliphatic rings. The zero-order valence-electron chi connectivity index (χ0n) is 9.56. The lowest BCUT2D eigenvalue weighted by Crippen LogP contribution is -1.92. The molecule has 0 unspecified atom stereocenters. The third-order valence-electron chi connectivity index (χ3n) is 2.32. The smallest absolute Gasteiger partial charge is 0.182 e. The molecule has 0 aliphatic carbocycles. The first-order chi connectivity index (χ1) is 8.15. The molecule has 0 saturated carbocycles. The monoisotopic (exact) mass is 251 g/mol. The van der Waals surface area contributed by atoms with E-state index in [-0.39, 0.29) is 0 Å². The maximum absolute atomic E-state index is 5.78. The van der Waals surface area contributed by atoms with Gasteiger partial charge < -0.3 is 20.9 Å². The molecule has 0 saturated heterocycles. The van der Waals surface area contributed by atoms with Crippen LogP contribution in [0.3, 0.4) is 0 Å². The first-order valence-corrected chi connectivity index (χ1v) is 5.71. The van der Waals surface area contributed by atoms with E-state index in [9.17, 15) is 0 Å². The van der Waals surface area contributed by atoms with E-state index in [4.69, 9.17) is 20.9 Å². The first-order valence-electron chi connectivity index (χ1n) is 4.90. The number of aromatic nitrogens is 1. The third kappa shape index (κ3) is 2.12. The van der Waals surface area contributed by atoms with Crippen LogP contribution in [0.2, 0.25) is 0 Å². The van der Waals surface area contributed by atoms with E-state index in [2.05, 4.69) is 4.98 Å². The van der Waals surface area contributed by atoms with Crippen molar-refractivity contribution in [1.29, 1.82) is 0 Å². The molecule has 4 N–H and O–H groups in total. The summed E-state index contributed by atoms with van der Waals surface area (Å²) in [7, 11) is 3.18. The highest BCUT2D eigenvalue weighted by Gasteiger charge is 2.12. The van der Waals surface area contributed by atoms with Gasteiger partial charge >= 0.3 is 0 Å². The van der Waals surface area contributed by atoms with Gasteiger partial charge in [-0.1, -0.05) is 11.3 Å². The van der Waals surface area contributed by atoms with E-state index >= 15 is 0 Å². The molecule has 17 heavy (non-hydrogen) atoms. The number of benzene rings is 1. The Morgan fingerprint density at radius 3 is 2.35 bits per heavy atom. The predicted octanol–water partition coefficient (Wildman–Crippen LogP) is 1.99. The molecule has 0 amide bonds. The van der Waals surface area contributed by atoms with E-state index in [1.807, 2.05) is 18.2 Å². The zero-order chi connectivity index (χ0) is 12.4. The van der Waals surface area contributed by atoms with Gasteiger partial charge in [-0.25, -0.2) is 4.98 Å². The number of anilines is 2. The van der Waals surface area contributed by atoms with Crippen molar-refractivity contribution in [1.82, 2.24) is 4.98 Å². The summed E-state index contributed by atoms with van der Waals surface area (Å²) in [6.45, 7) is 0. The number of thiazole rings is 1. The molecule has 90 valence electrons. The van der Waals surface area contributed by atoms with Gasteiger partial charge in [-0.15, -0.1) is 0 Å². The largest absolute Gasteiger partial charge is 0.493 e. The molecule has 6 heteroatoms. The second kappa shape index (κ2) is 4.50. The Hall–Kier alpha value is -1.95. The van der Waals surface area contributed by atoms with Crippen LogP contribution in [0.1, 0.15) is 0 Å². The second-order valence-electron chi connectivity index (χ2n) is 3.34. The predicted molar refractivity (Wildman–Crippen MR) is 69.5 cm³/mol. The lowest BCUT2D eigenvalue weighted by molar-refractivity contribution is 0.355. The minimum Gasteiger partial charge on any atom is -0.493 e. The van der Waals surface area contributed by atoms with E-state index in [1.54, 1.807) is 14.2 Å². The summed E-state index contributed by atoms with van der Waals surface area (Å²) in [5.41, 5.74) is 12.3. The van der Waals surface area contributed by atoms with E-state index in [0.717, 1.165) is 10.4 Å². The van der Waals surface area contributed by atoms with Crippen LogP contribution in [-0.4, -0.2) is 19.2 Å². The SMILES string of the molecule is COc1ccc(-c2sc(N)nc2N)cc1OC. The number of ether oxygens (including phenoxy) is 2. The maximum Gasteiger partial charge on any atom is 0.182 e. The fourth-order valence-corrected chi connectivity index (χ4v) is 2.28. The highest BCUT2D eigenvalue weighted by molar-refractivity contribution is 7.19. The van der Waals surface area contributed by atoms with Gasteiger partial charge in [0.05, 0.1) is 19.1 Å². The van der Waals surface area contributed by atoms with E-state index in [1.165, 1.54) is 11.3 Å². The second-order valence-corrected chi connectivity index (χ2v) is 4.37. The number of nitrogens with two attached hydrogens (primary N) is 2. The molecular formula is C11H13N3O2S. The highest BCUT2D eigenvalue weighted by Crippen LogP contribution is 2.38. The molecule has 0 spiro atoms. The molecule has 0 atom stereocenters. The van der Waals surface area contributed by atoms with Crippen molar-refractivity contribution in [3.05, 3.63) is 18.2 Å². The Kier molecular flexibility index (Phi) is 3.06. The van der Waals surface area contributed by atoms with Crippen molar-refractivity contribution < 1.29 is 9.47 Å². The van der Waals surface area contributed by atoms with Crippen molar-refractivity contribution in [2.24, 2.45) is 0 Å². The van der Waals surface area contributed by atoms with Gasteiger partial charge in [-0.2, -0.15) is 0 Å². The lowest BCUT2D eigenvalue weighted by atomic mass is 10.1. The summed E-state index contributed by atoms with van der Waals surface area (Å²) in [6, 6.07) is 5.57. The molecule has 0 radical (unpaired) electrons. The molecule has 5 nitrogen and oxygen atoms in total. The number of methoxy groups -OCH3 is 2. The minimum atomic E-state index is 0.430. The van der Waals surface area contributed by atoms with Crippen LogP contribution < -0.4 is 20.9 Å². The average Bonchev–Trinajstić information content (AvgIpc) is 2.67. The van der Waals surface area contributed by atoms with E-state index < -0.39 is 0 Å². The van der Waals surface area contributed by atoms with Crippen LogP contribution >= 0.6 is 11.3 Å². The van der Waals surface area contributed by atoms with Crippen molar-refractivity contribution >= 4 is 22.3 Å². The Morgan fingerprint density at radius 1 is 1.12 bits per heavy atom. The molecule has 2 aromatic rings. The maximum atomic E-state index is 5.78. The number of rotatable bonds is 3. The van der Waals surface area contributed by atoms with Gasteiger partial charge in [0.2, 0.25) is 0 Å². The third-order valence-corrected chi connectivity index (χ3v) is 3.27. The molecule has 1 aromatic carbocycles. The van der Waals surface area contributed by atoms with Gasteiger partial charge in [0.1, 0.15) is 5.82 Å². The van der Waals surface area contributed by atoms with Crippen LogP contribution in [0.4, 0.5) is 10.9 Å². The van der Waals surface area contributed by atoms with Crippen molar-refractivity contribution in [2.45, 2.75) is 0 Å². The zero-order valence-corrected chi connectivity index (χ0v) is 10.4. The summed E-state index contributed by atoms with van der Waals surface area (Å²) < 4.78 is 10.4. The number of nitrogen functional groups attached to an aromatic ring is 2. The Bertz CT molecular complexity index is 540. The molecule has 0 bridgehead atoms. The summed E-state index contributed by atoms with van der Waals surface area (Å²) in [5.74, 6) is 1.75. The Morgan fingerprint density at radius 2 is 1.82 bits per heavy atom. The fourth-order valence-electron chi connectivity index (χ4n) is 1.53. The Labute approximate surface area is 103 Å². The van der Waals surface area contributed by atoms with Gasteiger partial charge in [-0.05, 0) is 23.8 Å². The van der Waals surface area contributed by atoms with Crippen molar-refractivity contribution in [2.75, 3.05) is 25.7 Å². The standard InChI is InChI=1S/C11H13N3O2S/c1-15-7-4-3-6(5-8(7)16-2)9-10(12)14-11(13)17-9/h3-5H,12H2,1-2H3,(H2,13,14). The lowest BCUT2D eigenvalue weighted by Gasteiger charge is -2.08. The van der Waals surface area contributed by atoms with Crippen molar-refractivity contribution in [3.63, 3.8) is 0 Å². The van der Waals surface area contributed by atoms with Gasteiger partial charge in [0, 0.05) is 0 Å². The quantitative estimate of drug-likeness (QED) is 0.871. The molecule has 0 aliphatic heterocycles. The summed E-state index contributed by atoms with van der Waals surface area (Å²) in [5, 5.41) is 0.451. The number of hydrogen-bond donors (Lipinski definition) is 2.